The molecule has 2 nitrogen and oxygen atoms in total. The predicted molar refractivity (Wildman–Crippen MR) is 110 cm³/mol. The highest BCUT2D eigenvalue weighted by atomic mass is 31.1. The molecule has 0 bridgehead atoms. The molecule has 0 spiro atoms. The lowest BCUT2D eigenvalue weighted by atomic mass is 11.8. The fourth-order valence-electron chi connectivity index (χ4n) is 3.84. The Kier molecular flexibility index (Phi) is 6.77. The molecule has 0 aliphatic heterocycles. The van der Waals surface area contributed by atoms with Crippen LogP contribution in [0, 0.1) is 0 Å². The lowest BCUT2D eigenvalue weighted by Crippen LogP contribution is -2.63. The summed E-state index contributed by atoms with van der Waals surface area (Å²) in [5.41, 5.74) is 0. The molecule has 20 heavy (non-hydrogen) atoms. The Labute approximate surface area is 134 Å². The zero-order valence-electron chi connectivity index (χ0n) is 16.3. The van der Waals surface area contributed by atoms with Gasteiger partial charge in [-0.3, -0.25) is 0 Å². The van der Waals surface area contributed by atoms with Crippen LogP contribution in [0.2, 0.25) is 78.6 Å². The quantitative estimate of drug-likeness (QED) is 0.428. The van der Waals surface area contributed by atoms with Crippen molar-refractivity contribution in [3.8, 4) is 0 Å². The lowest BCUT2D eigenvalue weighted by molar-refractivity contribution is 0.866. The highest BCUT2D eigenvalue weighted by molar-refractivity contribution is 7.61. The molecule has 0 heterocycles. The molecule has 0 unspecified atom stereocenters. The van der Waals surface area contributed by atoms with Gasteiger partial charge in [-0.25, -0.2) is 0 Å². The Hall–Kier alpha value is 1.22. The van der Waals surface area contributed by atoms with E-state index in [1.807, 2.05) is 0 Å². The van der Waals surface area contributed by atoms with E-state index in [2.05, 4.69) is 93.2 Å². The van der Waals surface area contributed by atoms with Crippen molar-refractivity contribution >= 4 is 41.2 Å². The van der Waals surface area contributed by atoms with Crippen molar-refractivity contribution in [2.24, 2.45) is 0 Å². The fourth-order valence-corrected chi connectivity index (χ4v) is 36.2. The lowest BCUT2D eigenvalue weighted by Gasteiger charge is -2.57. The predicted octanol–water partition coefficient (Wildman–Crippen LogP) is 5.87. The van der Waals surface area contributed by atoms with Crippen LogP contribution in [0.4, 0.5) is 0 Å². The maximum absolute atomic E-state index is 3.05. The summed E-state index contributed by atoms with van der Waals surface area (Å²) in [6, 6.07) is 0. The Balaban J connectivity index is 5.81. The van der Waals surface area contributed by atoms with Crippen molar-refractivity contribution in [1.82, 2.24) is 8.00 Å². The molecule has 0 N–H and O–H groups in total. The number of rotatable bonds is 6. The van der Waals surface area contributed by atoms with Gasteiger partial charge in [-0.2, -0.15) is 0 Å². The summed E-state index contributed by atoms with van der Waals surface area (Å²) < 4.78 is 6.09. The Morgan fingerprint density at radius 1 is 0.450 bits per heavy atom. The molecule has 0 rings (SSSR count). The Morgan fingerprint density at radius 3 is 0.700 bits per heavy atom. The minimum Gasteiger partial charge on any atom is -0.314 e. The molecule has 0 radical (unpaired) electrons. The van der Waals surface area contributed by atoms with Crippen LogP contribution in [0.5, 0.6) is 0 Å². The molecular formula is C13H39N2PSi4. The number of hydrogen-bond donors (Lipinski definition) is 0. The zero-order valence-corrected chi connectivity index (χ0v) is 21.2. The third kappa shape index (κ3) is 5.78. The molecule has 7 heteroatoms. The third-order valence-corrected chi connectivity index (χ3v) is 28.1. The van der Waals surface area contributed by atoms with E-state index in [4.69, 9.17) is 0 Å². The van der Waals surface area contributed by atoms with Gasteiger partial charge in [0.25, 0.3) is 0 Å². The minimum absolute atomic E-state index is 0.146. The molecule has 0 aromatic rings. The summed E-state index contributed by atoms with van der Waals surface area (Å²) in [4.78, 5) is 0. The average molecular weight is 367 g/mol. The summed E-state index contributed by atoms with van der Waals surface area (Å²) >= 11 is 0. The molecule has 0 fully saturated rings. The SMILES string of the molecule is CP(N([Si](C)(C)C)[Si](C)(C)C)N([Si](C)(C)C)[Si](C)(C)C. The smallest absolute Gasteiger partial charge is 0.117 e. The second kappa shape index (κ2) is 6.38. The van der Waals surface area contributed by atoms with Gasteiger partial charge in [0.05, 0.1) is 0 Å². The monoisotopic (exact) mass is 366 g/mol. The molecule has 122 valence electrons. The summed E-state index contributed by atoms with van der Waals surface area (Å²) in [5, 5.41) is 0. The summed E-state index contributed by atoms with van der Waals surface area (Å²) in [5.74, 6) is 0. The van der Waals surface area contributed by atoms with Gasteiger partial charge < -0.3 is 8.00 Å². The minimum atomic E-state index is -1.28. The van der Waals surface area contributed by atoms with Gasteiger partial charge >= 0.3 is 0 Å². The van der Waals surface area contributed by atoms with Gasteiger partial charge in [0.15, 0.2) is 0 Å². The maximum atomic E-state index is 3.05. The molecule has 0 aromatic heterocycles. The molecule has 0 saturated carbocycles. The summed E-state index contributed by atoms with van der Waals surface area (Å²) in [6.45, 7) is 33.0. The molecule has 0 atom stereocenters. The van der Waals surface area contributed by atoms with E-state index in [0.717, 1.165) is 0 Å². The summed E-state index contributed by atoms with van der Waals surface area (Å²) in [7, 11) is -5.26. The van der Waals surface area contributed by atoms with Crippen LogP contribution < -0.4 is 0 Å². The van der Waals surface area contributed by atoms with Crippen molar-refractivity contribution < 1.29 is 0 Å². The van der Waals surface area contributed by atoms with Gasteiger partial charge in [0, 0.05) is 8.22 Å². The highest BCUT2D eigenvalue weighted by Crippen LogP contribution is 2.52. The Morgan fingerprint density at radius 2 is 0.600 bits per heavy atom. The first kappa shape index (κ1) is 21.2. The van der Waals surface area contributed by atoms with E-state index in [1.54, 1.807) is 0 Å². The molecule has 0 saturated heterocycles. The average Bonchev–Trinajstić information content (AvgIpc) is 1.88. The highest BCUT2D eigenvalue weighted by Gasteiger charge is 2.46. The number of nitrogens with zero attached hydrogens (tertiary/aromatic N) is 2. The molecule has 0 amide bonds. The van der Waals surface area contributed by atoms with Crippen molar-refractivity contribution in [3.63, 3.8) is 0 Å². The van der Waals surface area contributed by atoms with Gasteiger partial charge in [-0.05, 0) is 6.66 Å². The van der Waals surface area contributed by atoms with Crippen molar-refractivity contribution in [1.29, 1.82) is 0 Å². The molecule has 0 aliphatic carbocycles. The van der Waals surface area contributed by atoms with Gasteiger partial charge in [0.2, 0.25) is 0 Å². The van der Waals surface area contributed by atoms with E-state index < -0.39 is 32.9 Å². The van der Waals surface area contributed by atoms with E-state index in [9.17, 15) is 0 Å². The second-order valence-corrected chi connectivity index (χ2v) is 33.1. The largest absolute Gasteiger partial charge is 0.314 e. The van der Waals surface area contributed by atoms with Crippen molar-refractivity contribution in [3.05, 3.63) is 0 Å². The van der Waals surface area contributed by atoms with Gasteiger partial charge in [-0.15, -0.1) is 0 Å². The summed E-state index contributed by atoms with van der Waals surface area (Å²) in [6.07, 6.45) is 0. The normalized spacial score (nSPS) is 15.6. The topological polar surface area (TPSA) is 6.48 Å². The van der Waals surface area contributed by atoms with Gasteiger partial charge in [0.1, 0.15) is 32.9 Å². The first-order valence-electron chi connectivity index (χ1n) is 7.74. The zero-order chi connectivity index (χ0) is 16.7. The van der Waals surface area contributed by atoms with Crippen molar-refractivity contribution in [2.75, 3.05) is 6.66 Å². The fraction of sp³-hybridized carbons (Fsp3) is 1.00. The Bertz CT molecular complexity index is 263. The standard InChI is InChI=1S/C13H39N2PSi4/c1-16(14(17(2,3)4)18(5,6)7)15(19(8,9)10)20(11,12)13/h1-13H3. The second-order valence-electron chi connectivity index (χ2n) is 9.80. The van der Waals surface area contributed by atoms with Crippen LogP contribution in [0.25, 0.3) is 0 Å². The van der Waals surface area contributed by atoms with E-state index in [0.29, 0.717) is 0 Å². The van der Waals surface area contributed by atoms with Crippen LogP contribution in [-0.4, -0.2) is 47.6 Å². The first-order chi connectivity index (χ1) is 8.40. The first-order valence-corrected chi connectivity index (χ1v) is 23.2. The van der Waals surface area contributed by atoms with Crippen LogP contribution in [-0.2, 0) is 0 Å². The van der Waals surface area contributed by atoms with Crippen molar-refractivity contribution in [2.45, 2.75) is 78.6 Å². The number of hydrogen-bond acceptors (Lipinski definition) is 2. The van der Waals surface area contributed by atoms with E-state index in [-0.39, 0.29) is 8.22 Å². The van der Waals surface area contributed by atoms with Crippen LogP contribution in [0.15, 0.2) is 0 Å². The molecule has 0 aromatic carbocycles. The third-order valence-electron chi connectivity index (χ3n) is 3.12. The van der Waals surface area contributed by atoms with E-state index in [1.165, 1.54) is 0 Å². The maximum Gasteiger partial charge on any atom is 0.117 e. The van der Waals surface area contributed by atoms with Crippen LogP contribution in [0.3, 0.4) is 0 Å². The van der Waals surface area contributed by atoms with Crippen LogP contribution >= 0.6 is 8.22 Å². The molecular weight excluding hydrogens is 327 g/mol. The van der Waals surface area contributed by atoms with Gasteiger partial charge in [-0.1, -0.05) is 78.6 Å². The van der Waals surface area contributed by atoms with Crippen LogP contribution in [0.1, 0.15) is 0 Å². The van der Waals surface area contributed by atoms with E-state index >= 15 is 0 Å². The molecule has 0 aliphatic rings.